The van der Waals surface area contributed by atoms with Crippen LogP contribution < -0.4 is 15.2 Å². The van der Waals surface area contributed by atoms with Crippen LogP contribution in [0.5, 0.6) is 11.5 Å². The lowest BCUT2D eigenvalue weighted by Crippen LogP contribution is -2.24. The van der Waals surface area contributed by atoms with E-state index < -0.39 is 0 Å². The van der Waals surface area contributed by atoms with Crippen LogP contribution in [0.4, 0.5) is 5.69 Å². The first kappa shape index (κ1) is 13.2. The molecule has 1 fully saturated rings. The number of nitrogens with two attached hydrogens (primary N) is 1. The van der Waals surface area contributed by atoms with Crippen molar-refractivity contribution >= 4 is 5.69 Å². The maximum atomic E-state index is 11.3. The van der Waals surface area contributed by atoms with Crippen molar-refractivity contribution in [2.24, 2.45) is 11.7 Å². The summed E-state index contributed by atoms with van der Waals surface area (Å²) in [6.45, 7) is 0.106. The Kier molecular flexibility index (Phi) is 3.48. The van der Waals surface area contributed by atoms with Gasteiger partial charge in [-0.25, -0.2) is 0 Å². The molecular formula is C14H18N2O4. The fourth-order valence-electron chi connectivity index (χ4n) is 3.12. The van der Waals surface area contributed by atoms with E-state index in [1.165, 1.54) is 12.5 Å². The van der Waals surface area contributed by atoms with Gasteiger partial charge < -0.3 is 15.2 Å². The van der Waals surface area contributed by atoms with Crippen molar-refractivity contribution in [3.05, 3.63) is 27.8 Å². The highest BCUT2D eigenvalue weighted by Crippen LogP contribution is 2.43. The van der Waals surface area contributed by atoms with Crippen molar-refractivity contribution in [3.63, 3.8) is 0 Å². The molecule has 1 aromatic carbocycles. The zero-order valence-electron chi connectivity index (χ0n) is 11.2. The van der Waals surface area contributed by atoms with Crippen molar-refractivity contribution in [1.29, 1.82) is 0 Å². The summed E-state index contributed by atoms with van der Waals surface area (Å²) in [4.78, 5) is 10.9. The smallest absolute Gasteiger partial charge is 0.278 e. The zero-order chi connectivity index (χ0) is 14.1. The van der Waals surface area contributed by atoms with Crippen molar-refractivity contribution in [1.82, 2.24) is 0 Å². The van der Waals surface area contributed by atoms with Crippen LogP contribution in [0.3, 0.4) is 0 Å². The highest BCUT2D eigenvalue weighted by molar-refractivity contribution is 5.56. The number of nitro benzene ring substituents is 1. The lowest BCUT2D eigenvalue weighted by Gasteiger charge is -2.27. The Labute approximate surface area is 117 Å². The molecule has 1 aliphatic heterocycles. The maximum Gasteiger partial charge on any atom is 0.278 e. The summed E-state index contributed by atoms with van der Waals surface area (Å²) in [6.07, 6.45) is 5.60. The Morgan fingerprint density at radius 2 is 1.85 bits per heavy atom. The van der Waals surface area contributed by atoms with E-state index in [0.717, 1.165) is 25.7 Å². The van der Waals surface area contributed by atoms with Gasteiger partial charge in [0.15, 0.2) is 11.5 Å². The number of nitrogens with zero attached hydrogens (tertiary/aromatic N) is 1. The third kappa shape index (κ3) is 2.31. The third-order valence-electron chi connectivity index (χ3n) is 4.24. The molecule has 1 aliphatic carbocycles. The second-order valence-electron chi connectivity index (χ2n) is 5.45. The van der Waals surface area contributed by atoms with Crippen LogP contribution in [0.15, 0.2) is 12.1 Å². The first-order chi connectivity index (χ1) is 9.66. The minimum absolute atomic E-state index is 0.0346. The average molecular weight is 278 g/mol. The number of hydrogen-bond donors (Lipinski definition) is 1. The lowest BCUT2D eigenvalue weighted by atomic mass is 9.81. The van der Waals surface area contributed by atoms with E-state index in [1.54, 1.807) is 6.07 Å². The molecule has 6 heteroatoms. The average Bonchev–Trinajstić information content (AvgIpc) is 2.93. The molecule has 20 heavy (non-hydrogen) atoms. The summed E-state index contributed by atoms with van der Waals surface area (Å²) >= 11 is 0. The Morgan fingerprint density at radius 1 is 1.20 bits per heavy atom. The molecule has 3 rings (SSSR count). The van der Waals surface area contributed by atoms with Crippen molar-refractivity contribution in [2.75, 3.05) is 6.79 Å². The van der Waals surface area contributed by atoms with Gasteiger partial charge in [0.05, 0.1) is 16.6 Å². The van der Waals surface area contributed by atoms with E-state index in [0.29, 0.717) is 23.0 Å². The van der Waals surface area contributed by atoms with Crippen LogP contribution in [-0.4, -0.2) is 11.7 Å². The van der Waals surface area contributed by atoms with Gasteiger partial charge in [0.25, 0.3) is 5.69 Å². The van der Waals surface area contributed by atoms with Crippen LogP contribution in [-0.2, 0) is 0 Å². The van der Waals surface area contributed by atoms with E-state index in [1.807, 2.05) is 0 Å². The third-order valence-corrected chi connectivity index (χ3v) is 4.24. The number of nitro groups is 1. The fraction of sp³-hybridized carbons (Fsp3) is 0.571. The van der Waals surface area contributed by atoms with Gasteiger partial charge in [-0.3, -0.25) is 10.1 Å². The van der Waals surface area contributed by atoms with Crippen LogP contribution >= 0.6 is 0 Å². The van der Waals surface area contributed by atoms with E-state index >= 15 is 0 Å². The quantitative estimate of drug-likeness (QED) is 0.678. The molecule has 0 spiro atoms. The molecule has 1 saturated carbocycles. The number of hydrogen-bond acceptors (Lipinski definition) is 5. The number of benzene rings is 1. The van der Waals surface area contributed by atoms with Crippen LogP contribution in [0.25, 0.3) is 0 Å². The summed E-state index contributed by atoms with van der Waals surface area (Å²) in [6, 6.07) is 2.80. The van der Waals surface area contributed by atoms with Gasteiger partial charge in [-0.1, -0.05) is 19.3 Å². The number of fused-ring (bicyclic) bond motifs is 1. The fourth-order valence-corrected chi connectivity index (χ4v) is 3.12. The molecule has 0 bridgehead atoms. The highest BCUT2D eigenvalue weighted by atomic mass is 16.7. The number of rotatable bonds is 3. The van der Waals surface area contributed by atoms with Gasteiger partial charge in [-0.15, -0.1) is 0 Å². The molecule has 2 aliphatic rings. The van der Waals surface area contributed by atoms with Gasteiger partial charge in [0, 0.05) is 6.04 Å². The molecule has 1 aromatic rings. The summed E-state index contributed by atoms with van der Waals surface area (Å²) < 4.78 is 10.5. The summed E-state index contributed by atoms with van der Waals surface area (Å²) in [7, 11) is 0. The summed E-state index contributed by atoms with van der Waals surface area (Å²) in [5, 5.41) is 11.3. The summed E-state index contributed by atoms with van der Waals surface area (Å²) in [5.41, 5.74) is 6.90. The molecule has 1 heterocycles. The molecule has 0 amide bonds. The lowest BCUT2D eigenvalue weighted by molar-refractivity contribution is -0.385. The van der Waals surface area contributed by atoms with Gasteiger partial charge in [-0.05, 0) is 24.8 Å². The normalized spacial score (nSPS) is 19.9. The monoisotopic (exact) mass is 278 g/mol. The molecule has 2 N–H and O–H groups in total. The minimum Gasteiger partial charge on any atom is -0.454 e. The first-order valence-electron chi connectivity index (χ1n) is 7.00. The van der Waals surface area contributed by atoms with Crippen LogP contribution in [0, 0.1) is 16.0 Å². The molecule has 1 atom stereocenters. The van der Waals surface area contributed by atoms with Crippen LogP contribution in [0.2, 0.25) is 0 Å². The predicted molar refractivity (Wildman–Crippen MR) is 72.7 cm³/mol. The predicted octanol–water partition coefficient (Wildman–Crippen LogP) is 2.90. The van der Waals surface area contributed by atoms with Crippen molar-refractivity contribution < 1.29 is 14.4 Å². The van der Waals surface area contributed by atoms with E-state index in [-0.39, 0.29) is 23.4 Å². The van der Waals surface area contributed by atoms with Gasteiger partial charge >= 0.3 is 0 Å². The molecule has 108 valence electrons. The van der Waals surface area contributed by atoms with Gasteiger partial charge in [0.1, 0.15) is 0 Å². The van der Waals surface area contributed by atoms with Gasteiger partial charge in [-0.2, -0.15) is 0 Å². The molecule has 0 aromatic heterocycles. The molecular weight excluding hydrogens is 260 g/mol. The molecule has 0 radical (unpaired) electrons. The SMILES string of the molecule is N[C@@H](c1cc2c(cc1[N+](=O)[O-])OCO2)C1CCCCC1. The topological polar surface area (TPSA) is 87.6 Å². The second-order valence-corrected chi connectivity index (χ2v) is 5.45. The van der Waals surface area contributed by atoms with Crippen molar-refractivity contribution in [3.8, 4) is 11.5 Å². The van der Waals surface area contributed by atoms with Crippen LogP contribution in [0.1, 0.15) is 43.7 Å². The van der Waals surface area contributed by atoms with Crippen molar-refractivity contribution in [2.45, 2.75) is 38.1 Å². The standard InChI is InChI=1S/C14H18N2O4/c15-14(9-4-2-1-3-5-9)10-6-12-13(20-8-19-12)7-11(10)16(17)18/h6-7,9,14H,1-5,8,15H2/t14-/m1/s1. The largest absolute Gasteiger partial charge is 0.454 e. The van der Waals surface area contributed by atoms with E-state index in [9.17, 15) is 10.1 Å². The van der Waals surface area contributed by atoms with E-state index in [2.05, 4.69) is 0 Å². The molecule has 0 saturated heterocycles. The summed E-state index contributed by atoms with van der Waals surface area (Å²) in [5.74, 6) is 1.29. The zero-order valence-corrected chi connectivity index (χ0v) is 11.2. The maximum absolute atomic E-state index is 11.3. The first-order valence-corrected chi connectivity index (χ1v) is 7.00. The minimum atomic E-state index is -0.389. The molecule has 0 unspecified atom stereocenters. The highest BCUT2D eigenvalue weighted by Gasteiger charge is 2.30. The van der Waals surface area contributed by atoms with E-state index in [4.69, 9.17) is 15.2 Å². The Bertz CT molecular complexity index is 526. The Hall–Kier alpha value is -1.82. The Morgan fingerprint density at radius 3 is 2.50 bits per heavy atom. The van der Waals surface area contributed by atoms with Gasteiger partial charge in [0.2, 0.25) is 6.79 Å². The molecule has 6 nitrogen and oxygen atoms in total. The number of ether oxygens (including phenoxy) is 2. The Balaban J connectivity index is 1.96. The second kappa shape index (κ2) is 5.28.